The molecule has 1 aromatic carbocycles. The van der Waals surface area contributed by atoms with Gasteiger partial charge in [-0.25, -0.2) is 0 Å². The fraction of sp³-hybridized carbons (Fsp3) is 0.571. The summed E-state index contributed by atoms with van der Waals surface area (Å²) < 4.78 is 6.19. The summed E-state index contributed by atoms with van der Waals surface area (Å²) in [5, 5.41) is 0. The van der Waals surface area contributed by atoms with Crippen molar-refractivity contribution in [3.05, 3.63) is 29.3 Å². The Balaban J connectivity index is 1.99. The topological polar surface area (TPSA) is 35.2 Å². The summed E-state index contributed by atoms with van der Waals surface area (Å²) in [5.74, 6) is 1.71. The number of fused-ring (bicyclic) bond motifs is 1. The third kappa shape index (κ3) is 1.52. The van der Waals surface area contributed by atoms with E-state index < -0.39 is 0 Å². The Morgan fingerprint density at radius 2 is 2.12 bits per heavy atom. The standard InChI is InChI=1S/C14H19NO/c1-9-3-6-13-11(7-9)12(15)8-14(2,16-13)10-4-5-10/h3,6-7,10,12H,4-5,8,15H2,1-2H3. The average molecular weight is 217 g/mol. The maximum atomic E-state index is 6.28. The van der Waals surface area contributed by atoms with E-state index in [1.165, 1.54) is 24.0 Å². The lowest BCUT2D eigenvalue weighted by atomic mass is 9.85. The summed E-state index contributed by atoms with van der Waals surface area (Å²) in [7, 11) is 0. The van der Waals surface area contributed by atoms with Crippen molar-refractivity contribution in [2.75, 3.05) is 0 Å². The smallest absolute Gasteiger partial charge is 0.124 e. The minimum Gasteiger partial charge on any atom is -0.487 e. The van der Waals surface area contributed by atoms with Gasteiger partial charge in [0.15, 0.2) is 0 Å². The molecule has 0 spiro atoms. The Kier molecular flexibility index (Phi) is 2.05. The summed E-state index contributed by atoms with van der Waals surface area (Å²) >= 11 is 0. The van der Waals surface area contributed by atoms with Gasteiger partial charge in [0.2, 0.25) is 0 Å². The molecular formula is C14H19NO. The Bertz CT molecular complexity index is 425. The number of hydrogen-bond donors (Lipinski definition) is 1. The molecule has 0 amide bonds. The molecular weight excluding hydrogens is 198 g/mol. The summed E-state index contributed by atoms with van der Waals surface area (Å²) in [6.07, 6.45) is 3.54. The van der Waals surface area contributed by atoms with Gasteiger partial charge in [0, 0.05) is 18.0 Å². The normalized spacial score (nSPS) is 33.1. The molecule has 0 bridgehead atoms. The largest absolute Gasteiger partial charge is 0.487 e. The second-order valence-electron chi connectivity index (χ2n) is 5.54. The van der Waals surface area contributed by atoms with Gasteiger partial charge in [-0.1, -0.05) is 17.7 Å². The molecule has 2 unspecified atom stereocenters. The molecule has 3 rings (SSSR count). The molecule has 1 aromatic rings. The fourth-order valence-corrected chi connectivity index (χ4v) is 2.83. The van der Waals surface area contributed by atoms with E-state index in [-0.39, 0.29) is 11.6 Å². The molecule has 16 heavy (non-hydrogen) atoms. The molecule has 1 heterocycles. The molecule has 0 radical (unpaired) electrons. The van der Waals surface area contributed by atoms with Crippen LogP contribution in [0.15, 0.2) is 18.2 Å². The highest BCUT2D eigenvalue weighted by atomic mass is 16.5. The number of hydrogen-bond acceptors (Lipinski definition) is 2. The predicted molar refractivity (Wildman–Crippen MR) is 64.5 cm³/mol. The van der Waals surface area contributed by atoms with E-state index in [4.69, 9.17) is 10.5 Å². The molecule has 0 saturated heterocycles. The van der Waals surface area contributed by atoms with Crippen molar-refractivity contribution in [2.24, 2.45) is 11.7 Å². The Labute approximate surface area is 96.8 Å². The lowest BCUT2D eigenvalue weighted by Gasteiger charge is -2.39. The monoisotopic (exact) mass is 217 g/mol. The Morgan fingerprint density at radius 1 is 1.38 bits per heavy atom. The van der Waals surface area contributed by atoms with E-state index >= 15 is 0 Å². The van der Waals surface area contributed by atoms with Crippen LogP contribution in [0.5, 0.6) is 5.75 Å². The second kappa shape index (κ2) is 3.24. The first-order valence-electron chi connectivity index (χ1n) is 6.14. The summed E-state index contributed by atoms with van der Waals surface area (Å²) in [4.78, 5) is 0. The molecule has 2 heteroatoms. The third-order valence-electron chi connectivity index (χ3n) is 3.97. The van der Waals surface area contributed by atoms with Gasteiger partial charge in [-0.05, 0) is 38.7 Å². The quantitative estimate of drug-likeness (QED) is 0.785. The fourth-order valence-electron chi connectivity index (χ4n) is 2.83. The van der Waals surface area contributed by atoms with Crippen LogP contribution in [-0.4, -0.2) is 5.60 Å². The molecule has 2 N–H and O–H groups in total. The van der Waals surface area contributed by atoms with Gasteiger partial charge >= 0.3 is 0 Å². The van der Waals surface area contributed by atoms with E-state index in [9.17, 15) is 0 Å². The first-order valence-corrected chi connectivity index (χ1v) is 6.14. The maximum Gasteiger partial charge on any atom is 0.124 e. The van der Waals surface area contributed by atoms with Gasteiger partial charge in [-0.2, -0.15) is 0 Å². The van der Waals surface area contributed by atoms with Gasteiger partial charge in [-0.15, -0.1) is 0 Å². The predicted octanol–water partition coefficient (Wildman–Crippen LogP) is 2.95. The van der Waals surface area contributed by atoms with Crippen molar-refractivity contribution in [1.29, 1.82) is 0 Å². The van der Waals surface area contributed by atoms with Crippen LogP contribution in [0.25, 0.3) is 0 Å². The molecule has 1 saturated carbocycles. The Morgan fingerprint density at radius 3 is 2.81 bits per heavy atom. The van der Waals surface area contributed by atoms with Crippen LogP contribution >= 0.6 is 0 Å². The van der Waals surface area contributed by atoms with Crippen molar-refractivity contribution >= 4 is 0 Å². The molecule has 2 aliphatic rings. The highest BCUT2D eigenvalue weighted by Gasteiger charge is 2.47. The second-order valence-corrected chi connectivity index (χ2v) is 5.54. The van der Waals surface area contributed by atoms with Gasteiger partial charge in [0.1, 0.15) is 11.4 Å². The zero-order valence-corrected chi connectivity index (χ0v) is 9.99. The minimum atomic E-state index is -0.0261. The molecule has 2 atom stereocenters. The zero-order valence-electron chi connectivity index (χ0n) is 9.99. The first-order chi connectivity index (χ1) is 7.58. The van der Waals surface area contributed by atoms with Crippen molar-refractivity contribution in [3.63, 3.8) is 0 Å². The van der Waals surface area contributed by atoms with Crippen LogP contribution in [-0.2, 0) is 0 Å². The highest BCUT2D eigenvalue weighted by molar-refractivity contribution is 5.41. The van der Waals surface area contributed by atoms with Gasteiger partial charge < -0.3 is 10.5 Å². The third-order valence-corrected chi connectivity index (χ3v) is 3.97. The van der Waals surface area contributed by atoms with Crippen LogP contribution in [0.2, 0.25) is 0 Å². The van der Waals surface area contributed by atoms with Gasteiger partial charge in [0.05, 0.1) is 0 Å². The van der Waals surface area contributed by atoms with E-state index in [0.717, 1.165) is 12.2 Å². The lowest BCUT2D eigenvalue weighted by molar-refractivity contribution is 0.0324. The molecule has 2 nitrogen and oxygen atoms in total. The van der Waals surface area contributed by atoms with Crippen molar-refractivity contribution in [2.45, 2.75) is 44.8 Å². The molecule has 86 valence electrons. The van der Waals surface area contributed by atoms with E-state index in [1.54, 1.807) is 0 Å². The Hall–Kier alpha value is -1.02. The number of nitrogens with two attached hydrogens (primary N) is 1. The van der Waals surface area contributed by atoms with Crippen LogP contribution in [0.3, 0.4) is 0 Å². The van der Waals surface area contributed by atoms with E-state index in [2.05, 4.69) is 32.0 Å². The van der Waals surface area contributed by atoms with E-state index in [1.807, 2.05) is 0 Å². The molecule has 1 aliphatic carbocycles. The zero-order chi connectivity index (χ0) is 11.3. The van der Waals surface area contributed by atoms with Crippen molar-refractivity contribution in [3.8, 4) is 5.75 Å². The maximum absolute atomic E-state index is 6.28. The van der Waals surface area contributed by atoms with Crippen LogP contribution in [0.4, 0.5) is 0 Å². The summed E-state index contributed by atoms with van der Waals surface area (Å²) in [5.41, 5.74) is 8.69. The van der Waals surface area contributed by atoms with Gasteiger partial charge in [0.25, 0.3) is 0 Å². The molecule has 1 aliphatic heterocycles. The SMILES string of the molecule is Cc1ccc2c(c1)C(N)CC(C)(C1CC1)O2. The number of ether oxygens (including phenoxy) is 1. The van der Waals surface area contributed by atoms with Gasteiger partial charge in [-0.3, -0.25) is 0 Å². The molecule has 0 aromatic heterocycles. The number of aryl methyl sites for hydroxylation is 1. The number of benzene rings is 1. The van der Waals surface area contributed by atoms with Crippen molar-refractivity contribution in [1.82, 2.24) is 0 Å². The molecule has 1 fully saturated rings. The van der Waals surface area contributed by atoms with Crippen LogP contribution < -0.4 is 10.5 Å². The minimum absolute atomic E-state index is 0.0261. The van der Waals surface area contributed by atoms with Crippen molar-refractivity contribution < 1.29 is 4.74 Å². The first kappa shape index (κ1) is 10.2. The number of rotatable bonds is 1. The average Bonchev–Trinajstić information content (AvgIpc) is 3.03. The van der Waals surface area contributed by atoms with Crippen LogP contribution in [0.1, 0.15) is 43.4 Å². The summed E-state index contributed by atoms with van der Waals surface area (Å²) in [6.45, 7) is 4.31. The van der Waals surface area contributed by atoms with E-state index in [0.29, 0.717) is 5.92 Å². The lowest BCUT2D eigenvalue weighted by Crippen LogP contribution is -2.42. The van der Waals surface area contributed by atoms with Crippen LogP contribution in [0, 0.1) is 12.8 Å². The highest BCUT2D eigenvalue weighted by Crippen LogP contribution is 2.49. The summed E-state index contributed by atoms with van der Waals surface area (Å²) in [6, 6.07) is 6.47.